The zero-order chi connectivity index (χ0) is 17.6. The molecule has 0 amide bonds. The minimum absolute atomic E-state index is 0.520. The maximum absolute atomic E-state index is 5.33. The number of anilines is 2. The Balaban J connectivity index is 1.64. The molecular weight excluding hydrogens is 320 g/mol. The summed E-state index contributed by atoms with van der Waals surface area (Å²) in [4.78, 5) is 9.12. The first-order valence-electron chi connectivity index (χ1n) is 8.27. The molecule has 1 aliphatic heterocycles. The van der Waals surface area contributed by atoms with Crippen LogP contribution in [0, 0.1) is 0 Å². The van der Waals surface area contributed by atoms with Crippen molar-refractivity contribution < 1.29 is 9.47 Å². The molecule has 1 aromatic heterocycles. The zero-order valence-electron chi connectivity index (χ0n) is 14.9. The Hall–Kier alpha value is -2.61. The number of rotatable bonds is 6. The van der Waals surface area contributed by atoms with E-state index in [1.807, 2.05) is 18.2 Å². The van der Waals surface area contributed by atoms with Crippen molar-refractivity contribution in [3.8, 4) is 11.5 Å². The number of benzene rings is 1. The third kappa shape index (κ3) is 4.27. The van der Waals surface area contributed by atoms with Crippen molar-refractivity contribution in [2.45, 2.75) is 6.54 Å². The van der Waals surface area contributed by atoms with Crippen LogP contribution in [0.25, 0.3) is 0 Å². The highest BCUT2D eigenvalue weighted by Crippen LogP contribution is 2.27. The zero-order valence-corrected chi connectivity index (χ0v) is 14.9. The first-order chi connectivity index (χ1) is 12.2. The third-order valence-corrected chi connectivity index (χ3v) is 4.27. The lowest BCUT2D eigenvalue weighted by molar-refractivity contribution is 0.312. The van der Waals surface area contributed by atoms with Crippen LogP contribution in [0.4, 0.5) is 11.8 Å². The van der Waals surface area contributed by atoms with E-state index in [2.05, 4.69) is 37.3 Å². The molecule has 25 heavy (non-hydrogen) atoms. The van der Waals surface area contributed by atoms with Gasteiger partial charge in [-0.1, -0.05) is 6.07 Å². The molecule has 8 heteroatoms. The summed E-state index contributed by atoms with van der Waals surface area (Å²) in [6, 6.07) is 5.80. The highest BCUT2D eigenvalue weighted by atomic mass is 16.5. The molecule has 0 bridgehead atoms. The van der Waals surface area contributed by atoms with Gasteiger partial charge >= 0.3 is 0 Å². The molecular formula is C17H24N6O2. The van der Waals surface area contributed by atoms with Crippen molar-refractivity contribution in [3.05, 3.63) is 30.0 Å². The van der Waals surface area contributed by atoms with Crippen LogP contribution in [0.1, 0.15) is 5.56 Å². The predicted molar refractivity (Wildman–Crippen MR) is 96.4 cm³/mol. The van der Waals surface area contributed by atoms with Gasteiger partial charge in [-0.15, -0.1) is 5.10 Å². The molecule has 8 nitrogen and oxygen atoms in total. The Bertz CT molecular complexity index is 703. The van der Waals surface area contributed by atoms with Gasteiger partial charge in [-0.3, -0.25) is 0 Å². The molecule has 0 radical (unpaired) electrons. The third-order valence-electron chi connectivity index (χ3n) is 4.27. The van der Waals surface area contributed by atoms with E-state index in [1.165, 1.54) is 0 Å². The van der Waals surface area contributed by atoms with Crippen molar-refractivity contribution in [1.29, 1.82) is 0 Å². The quantitative estimate of drug-likeness (QED) is 0.839. The van der Waals surface area contributed by atoms with Gasteiger partial charge in [0, 0.05) is 32.7 Å². The summed E-state index contributed by atoms with van der Waals surface area (Å²) in [5.41, 5.74) is 1.05. The van der Waals surface area contributed by atoms with Crippen LogP contribution < -0.4 is 19.7 Å². The molecule has 1 fully saturated rings. The number of methoxy groups -OCH3 is 2. The molecule has 2 aromatic rings. The van der Waals surface area contributed by atoms with E-state index in [0.717, 1.165) is 37.6 Å². The Morgan fingerprint density at radius 1 is 1.08 bits per heavy atom. The summed E-state index contributed by atoms with van der Waals surface area (Å²) in [7, 11) is 5.38. The van der Waals surface area contributed by atoms with Gasteiger partial charge in [0.25, 0.3) is 0 Å². The summed E-state index contributed by atoms with van der Waals surface area (Å²) in [6.45, 7) is 4.53. The summed E-state index contributed by atoms with van der Waals surface area (Å²) < 4.78 is 10.6. The molecule has 134 valence electrons. The fourth-order valence-corrected chi connectivity index (χ4v) is 2.73. The maximum atomic E-state index is 5.33. The summed E-state index contributed by atoms with van der Waals surface area (Å²) >= 11 is 0. The molecule has 1 N–H and O–H groups in total. The second-order valence-corrected chi connectivity index (χ2v) is 5.97. The first-order valence-corrected chi connectivity index (χ1v) is 8.27. The molecule has 3 rings (SSSR count). The second-order valence-electron chi connectivity index (χ2n) is 5.97. The smallest absolute Gasteiger partial charge is 0.244 e. The van der Waals surface area contributed by atoms with Gasteiger partial charge < -0.3 is 24.6 Å². The van der Waals surface area contributed by atoms with E-state index >= 15 is 0 Å². The summed E-state index contributed by atoms with van der Waals surface area (Å²) in [6.07, 6.45) is 1.72. The van der Waals surface area contributed by atoms with Crippen LogP contribution in [0.3, 0.4) is 0 Å². The normalized spacial score (nSPS) is 15.1. The highest BCUT2D eigenvalue weighted by molar-refractivity contribution is 5.45. The van der Waals surface area contributed by atoms with Gasteiger partial charge in [0.15, 0.2) is 17.3 Å². The van der Waals surface area contributed by atoms with Crippen LogP contribution in [0.2, 0.25) is 0 Å². The monoisotopic (exact) mass is 344 g/mol. The molecule has 2 heterocycles. The number of hydrogen-bond donors (Lipinski definition) is 1. The van der Waals surface area contributed by atoms with Crippen LogP contribution in [0.15, 0.2) is 24.4 Å². The van der Waals surface area contributed by atoms with Gasteiger partial charge in [0.1, 0.15) is 0 Å². The van der Waals surface area contributed by atoms with Crippen LogP contribution in [0.5, 0.6) is 11.5 Å². The number of hydrogen-bond acceptors (Lipinski definition) is 8. The lowest BCUT2D eigenvalue weighted by atomic mass is 10.2. The number of likely N-dealkylation sites (N-methyl/N-ethyl adjacent to an activating group) is 1. The average molecular weight is 344 g/mol. The first kappa shape index (κ1) is 17.2. The molecule has 1 aliphatic rings. The maximum Gasteiger partial charge on any atom is 0.244 e. The van der Waals surface area contributed by atoms with Crippen molar-refractivity contribution in [2.75, 3.05) is 57.7 Å². The van der Waals surface area contributed by atoms with Gasteiger partial charge in [-0.25, -0.2) is 0 Å². The Morgan fingerprint density at radius 3 is 2.56 bits per heavy atom. The van der Waals surface area contributed by atoms with E-state index in [0.29, 0.717) is 24.0 Å². The summed E-state index contributed by atoms with van der Waals surface area (Å²) in [5.74, 6) is 2.79. The van der Waals surface area contributed by atoms with E-state index in [1.54, 1.807) is 20.4 Å². The fourth-order valence-electron chi connectivity index (χ4n) is 2.73. The van der Waals surface area contributed by atoms with Gasteiger partial charge in [-0.05, 0) is 24.7 Å². The van der Waals surface area contributed by atoms with Gasteiger partial charge in [0.2, 0.25) is 5.95 Å². The standard InChI is InChI=1S/C17H24N6O2/c1-22-6-8-23(9-7-22)16-12-19-21-17(20-16)18-11-13-4-5-14(24-2)15(10-13)25-3/h4-5,10,12H,6-9,11H2,1-3H3,(H,18,20,21). The SMILES string of the molecule is COc1ccc(CNc2nncc(N3CCN(C)CC3)n2)cc1OC. The minimum Gasteiger partial charge on any atom is -0.493 e. The Morgan fingerprint density at radius 2 is 1.84 bits per heavy atom. The number of piperazine rings is 1. The van der Waals surface area contributed by atoms with Crippen LogP contribution in [-0.4, -0.2) is 67.5 Å². The number of nitrogens with zero attached hydrogens (tertiary/aromatic N) is 5. The average Bonchev–Trinajstić information content (AvgIpc) is 2.67. The topological polar surface area (TPSA) is 75.6 Å². The van der Waals surface area contributed by atoms with Crippen molar-refractivity contribution >= 4 is 11.8 Å². The largest absolute Gasteiger partial charge is 0.493 e. The van der Waals surface area contributed by atoms with Crippen LogP contribution in [-0.2, 0) is 6.54 Å². The Labute approximate surface area is 147 Å². The van der Waals surface area contributed by atoms with E-state index in [4.69, 9.17) is 9.47 Å². The molecule has 0 aliphatic carbocycles. The van der Waals surface area contributed by atoms with E-state index in [9.17, 15) is 0 Å². The minimum atomic E-state index is 0.520. The number of aromatic nitrogens is 3. The van der Waals surface area contributed by atoms with E-state index in [-0.39, 0.29) is 0 Å². The van der Waals surface area contributed by atoms with Crippen molar-refractivity contribution in [2.24, 2.45) is 0 Å². The predicted octanol–water partition coefficient (Wildman–Crippen LogP) is 1.25. The molecule has 0 atom stereocenters. The molecule has 0 unspecified atom stereocenters. The lowest BCUT2D eigenvalue weighted by Gasteiger charge is -2.32. The molecule has 0 saturated carbocycles. The summed E-state index contributed by atoms with van der Waals surface area (Å²) in [5, 5.41) is 11.4. The Kier molecular flexibility index (Phi) is 5.49. The molecule has 1 saturated heterocycles. The van der Waals surface area contributed by atoms with E-state index < -0.39 is 0 Å². The highest BCUT2D eigenvalue weighted by Gasteiger charge is 2.16. The number of ether oxygens (including phenoxy) is 2. The fraction of sp³-hybridized carbons (Fsp3) is 0.471. The van der Waals surface area contributed by atoms with Crippen molar-refractivity contribution in [1.82, 2.24) is 20.1 Å². The molecule has 1 aromatic carbocycles. The molecule has 0 spiro atoms. The number of nitrogens with one attached hydrogen (secondary N) is 1. The lowest BCUT2D eigenvalue weighted by Crippen LogP contribution is -2.44. The van der Waals surface area contributed by atoms with Gasteiger partial charge in [0.05, 0.1) is 20.4 Å². The van der Waals surface area contributed by atoms with Gasteiger partial charge in [-0.2, -0.15) is 10.1 Å². The van der Waals surface area contributed by atoms with Crippen molar-refractivity contribution in [3.63, 3.8) is 0 Å². The second kappa shape index (κ2) is 7.98. The van der Waals surface area contributed by atoms with Crippen LogP contribution >= 0.6 is 0 Å².